The van der Waals surface area contributed by atoms with Gasteiger partial charge in [0.2, 0.25) is 11.8 Å². The van der Waals surface area contributed by atoms with Gasteiger partial charge in [-0.1, -0.05) is 0 Å². The molecule has 2 amide bonds. The van der Waals surface area contributed by atoms with Crippen LogP contribution in [-0.4, -0.2) is 34.4 Å². The Balaban J connectivity index is 2.22. The van der Waals surface area contributed by atoms with Crippen LogP contribution in [0.3, 0.4) is 0 Å². The summed E-state index contributed by atoms with van der Waals surface area (Å²) in [4.78, 5) is 33.3. The molecule has 0 spiro atoms. The number of hydrogen-bond donors (Lipinski definition) is 0. The number of ether oxygens (including phenoxy) is 1. The lowest BCUT2D eigenvalue weighted by Crippen LogP contribution is -2.22. The van der Waals surface area contributed by atoms with E-state index in [-0.39, 0.29) is 37.0 Å². The van der Waals surface area contributed by atoms with Crippen LogP contribution < -0.4 is 0 Å². The van der Waals surface area contributed by atoms with Crippen molar-refractivity contribution >= 4 is 29.7 Å². The lowest BCUT2D eigenvalue weighted by Gasteiger charge is -2.11. The van der Waals surface area contributed by atoms with Gasteiger partial charge in [-0.2, -0.15) is 0 Å². The highest BCUT2D eigenvalue weighted by molar-refractivity contribution is 7.98. The molecule has 1 fully saturated rings. The van der Waals surface area contributed by atoms with Crippen molar-refractivity contribution in [3.05, 3.63) is 0 Å². The summed E-state index contributed by atoms with van der Waals surface area (Å²) in [5.74, 6) is -0.247. The van der Waals surface area contributed by atoms with E-state index in [1.54, 1.807) is 6.92 Å². The Morgan fingerprint density at radius 2 is 2.00 bits per heavy atom. The summed E-state index contributed by atoms with van der Waals surface area (Å²) in [5, 5.41) is 0. The molecule has 0 atom stereocenters. The van der Waals surface area contributed by atoms with Crippen molar-refractivity contribution in [1.29, 1.82) is 0 Å². The number of imide groups is 1. The summed E-state index contributed by atoms with van der Waals surface area (Å²) < 4.78 is 5.86. The molecule has 1 rings (SSSR count). The summed E-state index contributed by atoms with van der Waals surface area (Å²) in [5.41, 5.74) is 0. The highest BCUT2D eigenvalue weighted by Crippen LogP contribution is 2.21. The Labute approximate surface area is 92.3 Å². The monoisotopic (exact) mass is 231 g/mol. The predicted molar refractivity (Wildman–Crippen MR) is 54.8 cm³/mol. The van der Waals surface area contributed by atoms with Crippen molar-refractivity contribution in [3.8, 4) is 0 Å². The second-order valence-corrected chi connectivity index (χ2v) is 4.00. The zero-order valence-corrected chi connectivity index (χ0v) is 9.34. The van der Waals surface area contributed by atoms with E-state index in [9.17, 15) is 14.4 Å². The van der Waals surface area contributed by atoms with Gasteiger partial charge >= 0.3 is 5.97 Å². The predicted octanol–water partition coefficient (Wildman–Crippen LogP) is 0.737. The van der Waals surface area contributed by atoms with E-state index in [1.807, 2.05) is 0 Å². The molecule has 1 aliphatic rings. The van der Waals surface area contributed by atoms with Crippen LogP contribution in [0.2, 0.25) is 0 Å². The number of esters is 1. The van der Waals surface area contributed by atoms with Crippen LogP contribution in [0.1, 0.15) is 26.2 Å². The summed E-state index contributed by atoms with van der Waals surface area (Å²) in [6.07, 6.45) is 0.784. The molecule has 1 aliphatic heterocycles. The highest BCUT2D eigenvalue weighted by Gasteiger charge is 2.29. The van der Waals surface area contributed by atoms with Crippen molar-refractivity contribution in [1.82, 2.24) is 4.31 Å². The van der Waals surface area contributed by atoms with Gasteiger partial charge < -0.3 is 4.74 Å². The third-order valence-electron chi connectivity index (χ3n) is 1.84. The van der Waals surface area contributed by atoms with Crippen molar-refractivity contribution in [2.45, 2.75) is 26.2 Å². The second kappa shape index (κ2) is 5.75. The molecular weight excluding hydrogens is 218 g/mol. The number of rotatable bonds is 5. The molecule has 0 bridgehead atoms. The van der Waals surface area contributed by atoms with Crippen molar-refractivity contribution in [2.75, 3.05) is 12.4 Å². The number of carbonyl (C=O) groups excluding carboxylic acids is 3. The Kier molecular flexibility index (Phi) is 4.61. The molecule has 0 aromatic heterocycles. The number of hydrogen-bond acceptors (Lipinski definition) is 5. The van der Waals surface area contributed by atoms with Crippen LogP contribution in [0.5, 0.6) is 0 Å². The first-order chi connectivity index (χ1) is 7.15. The Morgan fingerprint density at radius 3 is 2.53 bits per heavy atom. The molecule has 0 N–H and O–H groups in total. The van der Waals surface area contributed by atoms with Crippen LogP contribution in [0.4, 0.5) is 0 Å². The maximum absolute atomic E-state index is 11.2. The van der Waals surface area contributed by atoms with E-state index >= 15 is 0 Å². The van der Waals surface area contributed by atoms with Gasteiger partial charge in [-0.05, 0) is 18.9 Å². The van der Waals surface area contributed by atoms with Crippen LogP contribution >= 0.6 is 11.9 Å². The summed E-state index contributed by atoms with van der Waals surface area (Å²) in [6, 6.07) is 0. The van der Waals surface area contributed by atoms with Gasteiger partial charge in [-0.3, -0.25) is 14.4 Å². The van der Waals surface area contributed by atoms with E-state index in [1.165, 1.54) is 0 Å². The molecule has 5 nitrogen and oxygen atoms in total. The first-order valence-electron chi connectivity index (χ1n) is 4.79. The first-order valence-corrected chi connectivity index (χ1v) is 5.73. The largest absolute Gasteiger partial charge is 0.466 e. The van der Waals surface area contributed by atoms with Crippen molar-refractivity contribution in [3.63, 3.8) is 0 Å². The molecule has 0 aromatic rings. The van der Waals surface area contributed by atoms with E-state index in [2.05, 4.69) is 0 Å². The van der Waals surface area contributed by atoms with Crippen molar-refractivity contribution < 1.29 is 19.1 Å². The Hall–Kier alpha value is -1.04. The zero-order valence-electron chi connectivity index (χ0n) is 8.52. The maximum atomic E-state index is 11.2. The number of nitrogens with zero attached hydrogens (tertiary/aromatic N) is 1. The lowest BCUT2D eigenvalue weighted by atomic mass is 10.4. The average molecular weight is 231 g/mol. The minimum absolute atomic E-state index is 0.172. The molecular formula is C9H13NO4S. The average Bonchev–Trinajstić information content (AvgIpc) is 2.49. The lowest BCUT2D eigenvalue weighted by molar-refractivity contribution is -0.142. The molecule has 0 saturated carbocycles. The normalized spacial score (nSPS) is 15.9. The minimum atomic E-state index is -0.302. The van der Waals surface area contributed by atoms with Crippen LogP contribution in [0, 0.1) is 0 Å². The number of amides is 2. The molecule has 0 aliphatic carbocycles. The smallest absolute Gasteiger partial charge is 0.306 e. The third kappa shape index (κ3) is 3.54. The molecule has 0 unspecified atom stereocenters. The second-order valence-electron chi connectivity index (χ2n) is 2.97. The van der Waals surface area contributed by atoms with Gasteiger partial charge in [0.25, 0.3) is 0 Å². The van der Waals surface area contributed by atoms with Crippen molar-refractivity contribution in [2.24, 2.45) is 0 Å². The van der Waals surface area contributed by atoms with E-state index in [4.69, 9.17) is 4.74 Å². The molecule has 0 aromatic carbocycles. The van der Waals surface area contributed by atoms with Gasteiger partial charge in [0.15, 0.2) is 0 Å². The molecule has 1 saturated heterocycles. The summed E-state index contributed by atoms with van der Waals surface area (Å²) in [6.45, 7) is 2.09. The van der Waals surface area contributed by atoms with Gasteiger partial charge in [0.1, 0.15) is 0 Å². The first kappa shape index (κ1) is 12.0. The maximum Gasteiger partial charge on any atom is 0.306 e. The fourth-order valence-electron chi connectivity index (χ4n) is 1.15. The SMILES string of the molecule is CCOC(=O)CCSN1C(=O)CCC1=O. The topological polar surface area (TPSA) is 63.7 Å². The van der Waals surface area contributed by atoms with E-state index in [0.717, 1.165) is 16.3 Å². The molecule has 1 heterocycles. The van der Waals surface area contributed by atoms with E-state index < -0.39 is 0 Å². The van der Waals surface area contributed by atoms with Crippen LogP contribution in [-0.2, 0) is 19.1 Å². The summed E-state index contributed by atoms with van der Waals surface area (Å²) >= 11 is 1.09. The van der Waals surface area contributed by atoms with Crippen LogP contribution in [0.15, 0.2) is 0 Å². The highest BCUT2D eigenvalue weighted by atomic mass is 32.2. The fraction of sp³-hybridized carbons (Fsp3) is 0.667. The standard InChI is InChI=1S/C9H13NO4S/c1-2-14-9(13)5-6-15-10-7(11)3-4-8(10)12/h2-6H2,1H3. The Morgan fingerprint density at radius 1 is 1.40 bits per heavy atom. The molecule has 84 valence electrons. The number of carbonyl (C=O) groups is 3. The van der Waals surface area contributed by atoms with Crippen LogP contribution in [0.25, 0.3) is 0 Å². The summed E-state index contributed by atoms with van der Waals surface area (Å²) in [7, 11) is 0. The minimum Gasteiger partial charge on any atom is -0.466 e. The van der Waals surface area contributed by atoms with Gasteiger partial charge in [-0.25, -0.2) is 4.31 Å². The third-order valence-corrected chi connectivity index (χ3v) is 2.89. The van der Waals surface area contributed by atoms with Gasteiger partial charge in [-0.15, -0.1) is 0 Å². The zero-order chi connectivity index (χ0) is 11.3. The Bertz CT molecular complexity index is 263. The van der Waals surface area contributed by atoms with E-state index in [0.29, 0.717) is 12.4 Å². The molecule has 6 heteroatoms. The molecule has 15 heavy (non-hydrogen) atoms. The van der Waals surface area contributed by atoms with Gasteiger partial charge in [0.05, 0.1) is 13.0 Å². The van der Waals surface area contributed by atoms with Gasteiger partial charge in [0, 0.05) is 18.6 Å². The quantitative estimate of drug-likeness (QED) is 0.396. The molecule has 0 radical (unpaired) electrons. The fourth-order valence-corrected chi connectivity index (χ4v) is 2.06.